The lowest BCUT2D eigenvalue weighted by Crippen LogP contribution is -2.14. The molecule has 0 spiro atoms. The number of imidazole rings is 1. The van der Waals surface area contributed by atoms with Crippen LogP contribution in [0.2, 0.25) is 0 Å². The first-order valence-corrected chi connectivity index (χ1v) is 7.68. The highest BCUT2D eigenvalue weighted by atomic mass is 32.2. The third-order valence-electron chi connectivity index (χ3n) is 3.59. The standard InChI is InChI=1S/C14H19N3S/c15-9-11-4-5-17-12(7-11)10-16-14(17)8-13-3-1-2-6-18-13/h4-5,7,10,13H,1-3,6,8-9,15H2. The molecule has 0 amide bonds. The van der Waals surface area contributed by atoms with Crippen LogP contribution in [-0.4, -0.2) is 20.4 Å². The molecule has 96 valence electrons. The van der Waals surface area contributed by atoms with Gasteiger partial charge in [-0.1, -0.05) is 6.42 Å². The van der Waals surface area contributed by atoms with Crippen molar-refractivity contribution in [2.45, 2.75) is 37.5 Å². The average Bonchev–Trinajstić information content (AvgIpc) is 2.82. The summed E-state index contributed by atoms with van der Waals surface area (Å²) in [6, 6.07) is 4.22. The van der Waals surface area contributed by atoms with E-state index in [2.05, 4.69) is 39.5 Å². The molecular formula is C14H19N3S. The summed E-state index contributed by atoms with van der Waals surface area (Å²) in [5.41, 5.74) is 7.99. The van der Waals surface area contributed by atoms with E-state index < -0.39 is 0 Å². The number of fused-ring (bicyclic) bond motifs is 1. The SMILES string of the molecule is NCc1ccn2c(CC3CCCCS3)ncc2c1. The number of aromatic nitrogens is 2. The molecule has 1 aliphatic rings. The third kappa shape index (κ3) is 2.40. The van der Waals surface area contributed by atoms with Crippen LogP contribution < -0.4 is 5.73 Å². The van der Waals surface area contributed by atoms with Gasteiger partial charge in [0.1, 0.15) is 5.82 Å². The Morgan fingerprint density at radius 3 is 3.17 bits per heavy atom. The topological polar surface area (TPSA) is 43.3 Å². The number of pyridine rings is 1. The van der Waals surface area contributed by atoms with Crippen molar-refractivity contribution in [2.75, 3.05) is 5.75 Å². The first kappa shape index (κ1) is 12.1. The molecular weight excluding hydrogens is 242 g/mol. The number of hydrogen-bond acceptors (Lipinski definition) is 3. The smallest absolute Gasteiger partial charge is 0.114 e. The number of nitrogens with two attached hydrogens (primary N) is 1. The molecule has 1 saturated heterocycles. The van der Waals surface area contributed by atoms with Gasteiger partial charge in [0.05, 0.1) is 11.7 Å². The summed E-state index contributed by atoms with van der Waals surface area (Å²) in [4.78, 5) is 4.57. The van der Waals surface area contributed by atoms with Crippen molar-refractivity contribution in [3.05, 3.63) is 35.9 Å². The molecule has 0 aromatic carbocycles. The van der Waals surface area contributed by atoms with E-state index in [4.69, 9.17) is 5.73 Å². The van der Waals surface area contributed by atoms with E-state index in [1.807, 2.05) is 6.20 Å². The Balaban J connectivity index is 1.83. The molecule has 0 radical (unpaired) electrons. The van der Waals surface area contributed by atoms with Gasteiger partial charge in [0.25, 0.3) is 0 Å². The Kier molecular flexibility index (Phi) is 3.57. The zero-order valence-electron chi connectivity index (χ0n) is 10.5. The monoisotopic (exact) mass is 261 g/mol. The summed E-state index contributed by atoms with van der Waals surface area (Å²) in [7, 11) is 0. The average molecular weight is 261 g/mol. The Morgan fingerprint density at radius 2 is 2.39 bits per heavy atom. The van der Waals surface area contributed by atoms with Crippen molar-refractivity contribution in [1.29, 1.82) is 0 Å². The molecule has 2 N–H and O–H groups in total. The second kappa shape index (κ2) is 5.33. The number of hydrogen-bond donors (Lipinski definition) is 1. The van der Waals surface area contributed by atoms with Gasteiger partial charge in [-0.2, -0.15) is 11.8 Å². The second-order valence-electron chi connectivity index (χ2n) is 4.90. The molecule has 1 aliphatic heterocycles. The molecule has 2 aromatic rings. The minimum absolute atomic E-state index is 0.593. The van der Waals surface area contributed by atoms with E-state index in [0.29, 0.717) is 6.54 Å². The van der Waals surface area contributed by atoms with Crippen molar-refractivity contribution < 1.29 is 0 Å². The van der Waals surface area contributed by atoms with Gasteiger partial charge in [0.15, 0.2) is 0 Å². The Morgan fingerprint density at radius 1 is 1.44 bits per heavy atom. The van der Waals surface area contributed by atoms with E-state index in [1.54, 1.807) is 0 Å². The Hall–Kier alpha value is -1.00. The highest BCUT2D eigenvalue weighted by Gasteiger charge is 2.16. The van der Waals surface area contributed by atoms with Gasteiger partial charge in [0, 0.05) is 24.4 Å². The van der Waals surface area contributed by atoms with Crippen LogP contribution in [0.15, 0.2) is 24.5 Å². The lowest BCUT2D eigenvalue weighted by atomic mass is 10.1. The van der Waals surface area contributed by atoms with E-state index >= 15 is 0 Å². The van der Waals surface area contributed by atoms with Crippen molar-refractivity contribution >= 4 is 17.3 Å². The fraction of sp³-hybridized carbons (Fsp3) is 0.500. The zero-order valence-corrected chi connectivity index (χ0v) is 11.3. The largest absolute Gasteiger partial charge is 0.326 e. The molecule has 1 atom stereocenters. The van der Waals surface area contributed by atoms with Crippen LogP contribution in [0.4, 0.5) is 0 Å². The maximum atomic E-state index is 5.66. The predicted octanol–water partition coefficient (Wildman–Crippen LogP) is 2.62. The van der Waals surface area contributed by atoms with Crippen LogP contribution in [0, 0.1) is 0 Å². The van der Waals surface area contributed by atoms with Crippen molar-refractivity contribution in [3.8, 4) is 0 Å². The predicted molar refractivity (Wildman–Crippen MR) is 76.9 cm³/mol. The van der Waals surface area contributed by atoms with Gasteiger partial charge >= 0.3 is 0 Å². The Bertz CT molecular complexity index is 529. The summed E-state index contributed by atoms with van der Waals surface area (Å²) in [5.74, 6) is 2.50. The number of thioether (sulfide) groups is 1. The van der Waals surface area contributed by atoms with Gasteiger partial charge in [-0.25, -0.2) is 4.98 Å². The van der Waals surface area contributed by atoms with Crippen molar-refractivity contribution in [2.24, 2.45) is 5.73 Å². The fourth-order valence-electron chi connectivity index (χ4n) is 2.55. The summed E-state index contributed by atoms with van der Waals surface area (Å²) in [5, 5.41) is 0.749. The van der Waals surface area contributed by atoms with E-state index in [9.17, 15) is 0 Å². The quantitative estimate of drug-likeness (QED) is 0.923. The summed E-state index contributed by atoms with van der Waals surface area (Å²) >= 11 is 2.10. The molecule has 3 rings (SSSR count). The van der Waals surface area contributed by atoms with E-state index in [-0.39, 0.29) is 0 Å². The van der Waals surface area contributed by atoms with Gasteiger partial charge in [-0.3, -0.25) is 0 Å². The molecule has 0 aliphatic carbocycles. The van der Waals surface area contributed by atoms with Crippen LogP contribution in [0.5, 0.6) is 0 Å². The molecule has 2 aromatic heterocycles. The molecule has 3 nitrogen and oxygen atoms in total. The van der Waals surface area contributed by atoms with Crippen molar-refractivity contribution in [1.82, 2.24) is 9.38 Å². The van der Waals surface area contributed by atoms with Gasteiger partial charge in [-0.05, 0) is 36.3 Å². The first-order valence-electron chi connectivity index (χ1n) is 6.63. The molecule has 3 heterocycles. The molecule has 1 unspecified atom stereocenters. The lowest BCUT2D eigenvalue weighted by Gasteiger charge is -2.20. The molecule has 0 saturated carbocycles. The lowest BCUT2D eigenvalue weighted by molar-refractivity contribution is 0.646. The number of nitrogens with zero attached hydrogens (tertiary/aromatic N) is 2. The third-order valence-corrected chi connectivity index (χ3v) is 4.99. The van der Waals surface area contributed by atoms with Gasteiger partial charge < -0.3 is 10.1 Å². The highest BCUT2D eigenvalue weighted by molar-refractivity contribution is 7.99. The van der Waals surface area contributed by atoms with Crippen LogP contribution in [0.25, 0.3) is 5.52 Å². The number of rotatable bonds is 3. The maximum Gasteiger partial charge on any atom is 0.114 e. The molecule has 4 heteroatoms. The van der Waals surface area contributed by atoms with Crippen LogP contribution in [0.3, 0.4) is 0 Å². The second-order valence-corrected chi connectivity index (χ2v) is 6.31. The van der Waals surface area contributed by atoms with Crippen LogP contribution >= 0.6 is 11.8 Å². The summed E-state index contributed by atoms with van der Waals surface area (Å²) < 4.78 is 2.20. The van der Waals surface area contributed by atoms with E-state index in [0.717, 1.165) is 17.2 Å². The minimum atomic E-state index is 0.593. The highest BCUT2D eigenvalue weighted by Crippen LogP contribution is 2.27. The van der Waals surface area contributed by atoms with Gasteiger partial charge in [0.2, 0.25) is 0 Å². The maximum absolute atomic E-state index is 5.66. The van der Waals surface area contributed by atoms with Crippen molar-refractivity contribution in [3.63, 3.8) is 0 Å². The Labute approximate surface area is 112 Å². The molecule has 18 heavy (non-hydrogen) atoms. The molecule has 0 bridgehead atoms. The zero-order chi connectivity index (χ0) is 12.4. The van der Waals surface area contributed by atoms with Crippen LogP contribution in [-0.2, 0) is 13.0 Å². The fourth-order valence-corrected chi connectivity index (χ4v) is 3.86. The molecule has 1 fully saturated rings. The van der Waals surface area contributed by atoms with E-state index in [1.165, 1.54) is 36.4 Å². The first-order chi connectivity index (χ1) is 8.86. The van der Waals surface area contributed by atoms with Crippen LogP contribution in [0.1, 0.15) is 30.7 Å². The van der Waals surface area contributed by atoms with Gasteiger partial charge in [-0.15, -0.1) is 0 Å². The normalized spacial score (nSPS) is 20.4. The summed E-state index contributed by atoms with van der Waals surface area (Å²) in [6.07, 6.45) is 9.23. The summed E-state index contributed by atoms with van der Waals surface area (Å²) in [6.45, 7) is 0.593. The minimum Gasteiger partial charge on any atom is -0.326 e.